The van der Waals surface area contributed by atoms with Crippen LogP contribution in [0.25, 0.3) is 0 Å². The molecule has 0 saturated carbocycles. The van der Waals surface area contributed by atoms with Crippen LogP contribution >= 0.6 is 79.6 Å². The van der Waals surface area contributed by atoms with Crippen LogP contribution in [0.2, 0.25) is 18.1 Å². The van der Waals surface area contributed by atoms with E-state index in [0.717, 1.165) is 51.5 Å². The third-order valence-electron chi connectivity index (χ3n) is 23.6. The average molecular weight is 2410 g/mol. The van der Waals surface area contributed by atoms with Gasteiger partial charge < -0.3 is 90.5 Å². The number of alkyl carbamates (subject to hydrolysis) is 4. The quantitative estimate of drug-likeness (QED) is 0.00640. The molecular weight excluding hydrogens is 2270 g/mol. The number of hydrogen-bond donors (Lipinski definition) is 9. The first-order valence-electron chi connectivity index (χ1n) is 48.1. The monoisotopic (exact) mass is 2400 g/mol. The molecule has 0 aromatic heterocycles. The van der Waals surface area contributed by atoms with E-state index in [4.69, 9.17) is 43.3 Å². The van der Waals surface area contributed by atoms with Crippen LogP contribution < -0.4 is 61.3 Å². The maximum absolute atomic E-state index is 14.5. The predicted octanol–water partition coefficient (Wildman–Crippen LogP) is 21.2. The molecule has 13 atom stereocenters. The van der Waals surface area contributed by atoms with Crippen LogP contribution in [0.1, 0.15) is 192 Å². The van der Waals surface area contributed by atoms with Crippen molar-refractivity contribution in [3.8, 4) is 5.75 Å². The summed E-state index contributed by atoms with van der Waals surface area (Å²) in [6, 6.07) is 61.0. The van der Waals surface area contributed by atoms with Gasteiger partial charge in [0.25, 0.3) is 0 Å². The van der Waals surface area contributed by atoms with E-state index < -0.39 is 139 Å². The number of carboxylic acid groups (broad SMARTS) is 2. The Balaban J connectivity index is 0.000000326. The average Bonchev–Trinajstić information content (AvgIpc) is 1.25. The Morgan fingerprint density at radius 3 is 1.17 bits per heavy atom. The Hall–Kier alpha value is -9.12. The molecule has 3 heterocycles. The van der Waals surface area contributed by atoms with Gasteiger partial charge in [0.15, 0.2) is 8.32 Å². The standard InChI is InChI=1S/C30H43BrFNO5Si.C24H29BrFNO5.C24H27BrFNO4.C17H22BrNO4.C9H11NO2.C7H6BrF.Na.H2O/c1-29(2,3)37-28(36)33-25(17-20-13-15-23(31)16-14-20)26(38-39(7,8)30(4,5)6)19-22(27(34)35)18-21-11-9-10-12-24(21)32;1-24(2,3)32-23(31)27-20(12-15-8-10-18(25)11-9-15)21(28)14-17(22(29)30)13-16-6-4-5-7-19(16)26;1-24(2,3)31-23(29)27-20(12-15-8-10-18(25)11-9-15)21-14-17(22(28)30-21)13-16-6-4-5-7-19(16)26;1-17(2,3)23-16(21)19-13(14-8-9-15(20)22-14)10-11-4-6-12(18)7-5-11;10-9-6-3-1-2-4-8(6)12-5-7(9)11;8-5-6-3-1-2-4-7(6)9;;/h9-16,22,25-26H,17-19H2,1-8H3,(H,33,36)(H,34,35);4-11,17,20-21,28H,12-14H2,1-3H3,(H,27,31)(H,29,30);4-11,17,20-21H,12-14H2,1-3H3,(H,27,29);4-7,13-14H,8-10H2,1-3H3,(H,19,21);1-4,7,9,11H,5,10H2;1-4H,5H2;;1H2/q;;;;;;+1;/p-1/t22-,25+,26+;2*17-,20+,21+;13-,14-;7-,9+;;;/m11101.../s1. The van der Waals surface area contributed by atoms with E-state index in [1.807, 2.05) is 148 Å². The Kier molecular flexibility index (Phi) is 53.3. The Bertz CT molecular complexity index is 5700. The molecule has 0 radical (unpaired) electrons. The smallest absolute Gasteiger partial charge is 0.870 e. The minimum atomic E-state index is -2.43. The van der Waals surface area contributed by atoms with E-state index >= 15 is 0 Å². The molecule has 2 fully saturated rings. The van der Waals surface area contributed by atoms with Crippen molar-refractivity contribution >= 4 is 136 Å². The first kappa shape index (κ1) is 129. The molecule has 0 spiro atoms. The third-order valence-corrected chi connectivity index (χ3v) is 30.8. The number of esters is 2. The maximum atomic E-state index is 14.5. The second-order valence-corrected chi connectivity index (χ2v) is 50.4. The molecule has 3 aliphatic heterocycles. The molecule has 12 rings (SSSR count). The summed E-state index contributed by atoms with van der Waals surface area (Å²) < 4.78 is 104. The maximum Gasteiger partial charge on any atom is 1.00 e. The number of aliphatic hydroxyl groups is 2. The minimum absolute atomic E-state index is 0. The minimum Gasteiger partial charge on any atom is -0.870 e. The number of rotatable bonds is 31. The second-order valence-electron chi connectivity index (χ2n) is 41.4. The van der Waals surface area contributed by atoms with Gasteiger partial charge in [0.1, 0.15) is 76.3 Å². The Morgan fingerprint density at radius 1 is 0.459 bits per heavy atom. The number of cyclic esters (lactones) is 2. The normalized spacial score (nSPS) is 16.9. The van der Waals surface area contributed by atoms with Gasteiger partial charge in [0.2, 0.25) is 0 Å². The third kappa shape index (κ3) is 47.0. The van der Waals surface area contributed by atoms with Crippen molar-refractivity contribution in [2.45, 2.75) is 288 Å². The molecule has 802 valence electrons. The van der Waals surface area contributed by atoms with Crippen LogP contribution in [0.5, 0.6) is 5.75 Å². The van der Waals surface area contributed by atoms with Gasteiger partial charge in [-0.15, -0.1) is 0 Å². The van der Waals surface area contributed by atoms with Crippen LogP contribution in [0.15, 0.2) is 236 Å². The molecule has 26 nitrogen and oxygen atoms in total. The molecule has 0 aliphatic carbocycles. The van der Waals surface area contributed by atoms with E-state index in [0.29, 0.717) is 60.5 Å². The molecule has 0 unspecified atom stereocenters. The van der Waals surface area contributed by atoms with E-state index in [-0.39, 0.29) is 133 Å². The molecular formula is C111H139Br5F4N5NaO21Si. The fraction of sp³-hybridized carbons (Fsp3) is 0.441. The number of hydrogen-bond acceptors (Lipinski definition) is 20. The second kappa shape index (κ2) is 60.9. The van der Waals surface area contributed by atoms with Crippen LogP contribution in [-0.2, 0) is 102 Å². The number of nitrogens with two attached hydrogens (primary N) is 1. The van der Waals surface area contributed by atoms with Gasteiger partial charge in [-0.25, -0.2) is 36.7 Å². The molecule has 9 aromatic carbocycles. The van der Waals surface area contributed by atoms with E-state index in [1.54, 1.807) is 117 Å². The van der Waals surface area contributed by atoms with Crippen molar-refractivity contribution in [1.29, 1.82) is 0 Å². The van der Waals surface area contributed by atoms with Crippen molar-refractivity contribution < 1.29 is 149 Å². The van der Waals surface area contributed by atoms with Crippen molar-refractivity contribution in [1.82, 2.24) is 21.3 Å². The van der Waals surface area contributed by atoms with Crippen LogP contribution in [0.4, 0.5) is 36.7 Å². The number of nitrogens with one attached hydrogen (secondary N) is 4. The van der Waals surface area contributed by atoms with Crippen molar-refractivity contribution in [2.75, 3.05) is 6.61 Å². The number of alkyl halides is 1. The molecule has 2 saturated heterocycles. The fourth-order valence-electron chi connectivity index (χ4n) is 15.3. The number of amides is 4. The van der Waals surface area contributed by atoms with Crippen LogP contribution in [-0.4, -0.2) is 166 Å². The van der Waals surface area contributed by atoms with Gasteiger partial charge >= 0.3 is 77.8 Å². The first-order chi connectivity index (χ1) is 68.3. The summed E-state index contributed by atoms with van der Waals surface area (Å²) in [6.07, 6.45) is -2.44. The largest absolute Gasteiger partial charge is 1.00 e. The molecule has 3 aliphatic rings. The number of fused-ring (bicyclic) bond motifs is 1. The van der Waals surface area contributed by atoms with E-state index in [9.17, 15) is 76.3 Å². The first-order valence-corrected chi connectivity index (χ1v) is 55.3. The Labute approximate surface area is 931 Å². The summed E-state index contributed by atoms with van der Waals surface area (Å²) in [5.74, 6) is -5.83. The van der Waals surface area contributed by atoms with Gasteiger partial charge in [-0.05, 0) is 289 Å². The zero-order valence-corrected chi connectivity index (χ0v) is 97.9. The predicted molar refractivity (Wildman–Crippen MR) is 577 cm³/mol. The van der Waals surface area contributed by atoms with E-state index in [1.165, 1.54) is 36.4 Å². The molecule has 0 bridgehead atoms. The topological polar surface area (TPSA) is 395 Å². The van der Waals surface area contributed by atoms with Crippen molar-refractivity contribution in [3.05, 3.63) is 310 Å². The number of halogens is 9. The number of carbonyl (C=O) groups excluding carboxylic acids is 6. The molecule has 37 heteroatoms. The van der Waals surface area contributed by atoms with Gasteiger partial charge in [-0.1, -0.05) is 240 Å². The summed E-state index contributed by atoms with van der Waals surface area (Å²) in [5.41, 5.74) is 9.59. The number of carboxylic acids is 2. The molecule has 11 N–H and O–H groups in total. The van der Waals surface area contributed by atoms with Gasteiger partial charge in [0.05, 0.1) is 60.2 Å². The zero-order chi connectivity index (χ0) is 108. The van der Waals surface area contributed by atoms with Crippen LogP contribution in [0, 0.1) is 41.0 Å². The van der Waals surface area contributed by atoms with Crippen molar-refractivity contribution in [2.24, 2.45) is 23.5 Å². The zero-order valence-electron chi connectivity index (χ0n) is 86.9. The number of carbonyl (C=O) groups is 8. The number of aliphatic carboxylic acids is 2. The van der Waals surface area contributed by atoms with Gasteiger partial charge in [0, 0.05) is 41.6 Å². The Morgan fingerprint density at radius 2 is 0.804 bits per heavy atom. The molecule has 9 aromatic rings. The van der Waals surface area contributed by atoms with Gasteiger partial charge in [-0.2, -0.15) is 0 Å². The number of para-hydroxylation sites is 1. The number of aliphatic hydroxyl groups excluding tert-OH is 2. The summed E-state index contributed by atoms with van der Waals surface area (Å²) in [7, 11) is -2.43. The van der Waals surface area contributed by atoms with Gasteiger partial charge in [-0.3, -0.25) is 19.2 Å². The van der Waals surface area contributed by atoms with Crippen molar-refractivity contribution in [3.63, 3.8) is 0 Å². The number of ether oxygens (including phenoxy) is 7. The summed E-state index contributed by atoms with van der Waals surface area (Å²) in [6.45, 7) is 32.1. The molecule has 148 heavy (non-hydrogen) atoms. The molecule has 4 amide bonds. The number of benzene rings is 9. The summed E-state index contributed by atoms with van der Waals surface area (Å²) >= 11 is 16.8. The SMILES string of the molecule is CC(C)(C)OC(=O)N[C@@H](Cc1ccc(Br)cc1)[C@@H](O)C[C@@H](Cc1ccccc1F)C(=O)O.CC(C)(C)OC(=O)N[C@@H](Cc1ccc(Br)cc1)[C@@H]1CCC(=O)O1.CC(C)(C)OC(=O)N[C@@H](Cc1ccc(Br)cc1)[C@@H]1C[C@@H](Cc2ccccc2F)C(=O)O1.CC(C)(C)OC(=O)N[C@@H](Cc1ccc(Br)cc1)[C@H](C[C@@H](Cc1ccccc1F)C(=O)O)O[Si](C)(C)C(C)(C)C.Fc1ccccc1CBr.N[C@H]1c2ccccc2OC[C@H]1O.[Na+].[OH-]. The van der Waals surface area contributed by atoms with Crippen LogP contribution in [0.3, 0.4) is 0 Å². The summed E-state index contributed by atoms with van der Waals surface area (Å²) in [5, 5.41) is 51.9. The fourth-order valence-corrected chi connectivity index (χ4v) is 18.1. The summed E-state index contributed by atoms with van der Waals surface area (Å²) in [4.78, 5) is 98.1. The van der Waals surface area contributed by atoms with E-state index in [2.05, 4.69) is 135 Å².